The van der Waals surface area contributed by atoms with Crippen molar-refractivity contribution in [2.45, 2.75) is 37.1 Å². The van der Waals surface area contributed by atoms with Gasteiger partial charge in [-0.15, -0.1) is 0 Å². The molecule has 0 aromatic heterocycles. The molecule has 1 aliphatic heterocycles. The summed E-state index contributed by atoms with van der Waals surface area (Å²) in [4.78, 5) is 36.9. The monoisotopic (exact) mass is 441 g/mol. The first-order chi connectivity index (χ1) is 13.3. The molecule has 0 spiro atoms. The topological polar surface area (TPSA) is 87.3 Å². The number of hydrogen-bond donors (Lipinski definition) is 3. The van der Waals surface area contributed by atoms with E-state index in [9.17, 15) is 14.4 Å². The summed E-state index contributed by atoms with van der Waals surface area (Å²) in [5.41, 5.74) is 0.531. The van der Waals surface area contributed by atoms with Gasteiger partial charge in [0, 0.05) is 10.2 Å². The summed E-state index contributed by atoms with van der Waals surface area (Å²) in [6.45, 7) is 1.64. The number of imide groups is 1. The van der Waals surface area contributed by atoms with Crippen LogP contribution in [0.25, 0.3) is 0 Å². The molecular formula is C21H20BrN3O3. The second-order valence-corrected chi connectivity index (χ2v) is 8.43. The van der Waals surface area contributed by atoms with E-state index >= 15 is 0 Å². The molecule has 6 nitrogen and oxygen atoms in total. The Morgan fingerprint density at radius 3 is 2.36 bits per heavy atom. The largest absolute Gasteiger partial charge is 0.325 e. The fraction of sp³-hybridized carbons (Fsp3) is 0.286. The van der Waals surface area contributed by atoms with E-state index < -0.39 is 22.9 Å². The van der Waals surface area contributed by atoms with Crippen molar-refractivity contribution < 1.29 is 14.4 Å². The highest BCUT2D eigenvalue weighted by Gasteiger charge is 2.46. The van der Waals surface area contributed by atoms with E-state index in [0.717, 1.165) is 29.3 Å². The molecule has 2 aromatic carbocycles. The maximum absolute atomic E-state index is 13.2. The summed E-state index contributed by atoms with van der Waals surface area (Å²) >= 11 is 3.43. The predicted molar refractivity (Wildman–Crippen MR) is 109 cm³/mol. The van der Waals surface area contributed by atoms with Crippen LogP contribution in [-0.4, -0.2) is 17.8 Å². The maximum Gasteiger partial charge on any atom is 0.322 e. The summed E-state index contributed by atoms with van der Waals surface area (Å²) in [5.74, 6) is -0.463. The molecule has 4 rings (SSSR count). The van der Waals surface area contributed by atoms with Crippen molar-refractivity contribution >= 4 is 39.5 Å². The van der Waals surface area contributed by atoms with Crippen LogP contribution in [0.5, 0.6) is 0 Å². The molecule has 7 heteroatoms. The van der Waals surface area contributed by atoms with Crippen molar-refractivity contribution in [3.63, 3.8) is 0 Å². The van der Waals surface area contributed by atoms with Crippen LogP contribution in [-0.2, 0) is 20.5 Å². The van der Waals surface area contributed by atoms with Gasteiger partial charge in [0.15, 0.2) is 0 Å². The third-order valence-electron chi connectivity index (χ3n) is 5.78. The molecule has 4 amide bonds. The van der Waals surface area contributed by atoms with Crippen LogP contribution < -0.4 is 16.0 Å². The molecule has 0 radical (unpaired) electrons. The average molecular weight is 442 g/mol. The van der Waals surface area contributed by atoms with Gasteiger partial charge in [-0.2, -0.15) is 0 Å². The molecule has 2 aliphatic rings. The highest BCUT2D eigenvalue weighted by molar-refractivity contribution is 9.10. The number of hydrogen-bond acceptors (Lipinski definition) is 3. The first kappa shape index (κ1) is 18.7. The van der Waals surface area contributed by atoms with Gasteiger partial charge in [-0.05, 0) is 55.2 Å². The minimum atomic E-state index is -1.16. The Hall–Kier alpha value is -2.67. The van der Waals surface area contributed by atoms with Gasteiger partial charge in [-0.3, -0.25) is 14.9 Å². The van der Waals surface area contributed by atoms with Gasteiger partial charge in [0.1, 0.15) is 5.54 Å². The van der Waals surface area contributed by atoms with Crippen molar-refractivity contribution in [1.82, 2.24) is 10.6 Å². The quantitative estimate of drug-likeness (QED) is 0.633. The fourth-order valence-electron chi connectivity index (χ4n) is 3.85. The Balaban J connectivity index is 1.59. The lowest BCUT2D eigenvalue weighted by atomic mass is 9.64. The lowest BCUT2D eigenvalue weighted by Gasteiger charge is -2.40. The van der Waals surface area contributed by atoms with E-state index in [1.807, 2.05) is 24.3 Å². The van der Waals surface area contributed by atoms with Gasteiger partial charge in [-0.1, -0.05) is 46.6 Å². The van der Waals surface area contributed by atoms with Crippen LogP contribution >= 0.6 is 15.9 Å². The van der Waals surface area contributed by atoms with Crippen molar-refractivity contribution in [3.8, 4) is 0 Å². The van der Waals surface area contributed by atoms with Crippen molar-refractivity contribution in [1.29, 1.82) is 0 Å². The molecule has 1 aliphatic carbocycles. The predicted octanol–water partition coefficient (Wildman–Crippen LogP) is 3.56. The Morgan fingerprint density at radius 1 is 1.07 bits per heavy atom. The highest BCUT2D eigenvalue weighted by atomic mass is 79.9. The minimum Gasteiger partial charge on any atom is -0.325 e. The van der Waals surface area contributed by atoms with Gasteiger partial charge in [-0.25, -0.2) is 4.79 Å². The summed E-state index contributed by atoms with van der Waals surface area (Å²) in [7, 11) is 0. The van der Waals surface area contributed by atoms with Crippen LogP contribution in [0.4, 0.5) is 10.5 Å². The van der Waals surface area contributed by atoms with E-state index in [0.29, 0.717) is 11.3 Å². The molecule has 3 N–H and O–H groups in total. The van der Waals surface area contributed by atoms with Crippen LogP contribution in [0.2, 0.25) is 0 Å². The molecular weight excluding hydrogens is 422 g/mol. The molecule has 28 heavy (non-hydrogen) atoms. The van der Waals surface area contributed by atoms with E-state index in [1.54, 1.807) is 31.2 Å². The highest BCUT2D eigenvalue weighted by Crippen LogP contribution is 2.45. The van der Waals surface area contributed by atoms with Gasteiger partial charge in [0.25, 0.3) is 5.91 Å². The molecule has 1 saturated carbocycles. The summed E-state index contributed by atoms with van der Waals surface area (Å²) in [5, 5.41) is 7.91. The summed E-state index contributed by atoms with van der Waals surface area (Å²) in [6, 6.07) is 14.4. The smallest absolute Gasteiger partial charge is 0.322 e. The van der Waals surface area contributed by atoms with E-state index in [1.165, 1.54) is 0 Å². The average Bonchev–Trinajstić information content (AvgIpc) is 2.89. The third-order valence-corrected chi connectivity index (χ3v) is 6.31. The number of nitrogens with one attached hydrogen (secondary N) is 3. The first-order valence-electron chi connectivity index (χ1n) is 9.15. The maximum atomic E-state index is 13.2. The second-order valence-electron chi connectivity index (χ2n) is 7.51. The SMILES string of the molecule is CC1(c2cccc(NC(=O)C3(c4ccc(Br)cc4)CCC3)c2)NC(=O)NC1=O. The zero-order valence-corrected chi connectivity index (χ0v) is 16.9. The van der Waals surface area contributed by atoms with Crippen LogP contribution in [0.15, 0.2) is 53.0 Å². The molecule has 1 saturated heterocycles. The van der Waals surface area contributed by atoms with Crippen molar-refractivity contribution in [2.75, 3.05) is 5.32 Å². The van der Waals surface area contributed by atoms with Gasteiger partial charge < -0.3 is 10.6 Å². The summed E-state index contributed by atoms with van der Waals surface area (Å²) < 4.78 is 0.976. The van der Waals surface area contributed by atoms with Crippen LogP contribution in [0.3, 0.4) is 0 Å². The number of rotatable bonds is 4. The Labute approximate surface area is 171 Å². The summed E-state index contributed by atoms with van der Waals surface area (Å²) in [6.07, 6.45) is 2.61. The lowest BCUT2D eigenvalue weighted by Crippen LogP contribution is -2.46. The normalized spacial score (nSPS) is 22.8. The number of carbonyl (C=O) groups excluding carboxylic acids is 3. The second kappa shape index (κ2) is 6.74. The molecule has 1 unspecified atom stereocenters. The zero-order valence-electron chi connectivity index (χ0n) is 15.3. The third kappa shape index (κ3) is 2.99. The molecule has 144 valence electrons. The Kier molecular flexibility index (Phi) is 4.50. The lowest BCUT2D eigenvalue weighted by molar-refractivity contribution is -0.124. The molecule has 2 fully saturated rings. The number of carbonyl (C=O) groups is 3. The van der Waals surface area contributed by atoms with Gasteiger partial charge in [0.2, 0.25) is 5.91 Å². The fourth-order valence-corrected chi connectivity index (χ4v) is 4.12. The number of amides is 4. The zero-order chi connectivity index (χ0) is 19.9. The minimum absolute atomic E-state index is 0.0525. The van der Waals surface area contributed by atoms with Crippen LogP contribution in [0.1, 0.15) is 37.3 Å². The van der Waals surface area contributed by atoms with Crippen molar-refractivity contribution in [3.05, 3.63) is 64.1 Å². The van der Waals surface area contributed by atoms with Gasteiger partial charge in [0.05, 0.1) is 5.41 Å². The Morgan fingerprint density at radius 2 is 1.79 bits per heavy atom. The Bertz CT molecular complexity index is 969. The van der Waals surface area contributed by atoms with Gasteiger partial charge >= 0.3 is 6.03 Å². The number of benzene rings is 2. The molecule has 0 bridgehead atoms. The van der Waals surface area contributed by atoms with E-state index in [4.69, 9.17) is 0 Å². The first-order valence-corrected chi connectivity index (χ1v) is 9.94. The standard InChI is InChI=1S/C21H20BrN3O3/c1-20(17(26)24-19(28)25-20)14-4-2-5-16(12-14)23-18(27)21(10-3-11-21)13-6-8-15(22)9-7-13/h2,4-9,12H,3,10-11H2,1H3,(H,23,27)(H2,24,25,26,28). The van der Waals surface area contributed by atoms with Crippen LogP contribution in [0, 0.1) is 0 Å². The number of anilines is 1. The molecule has 1 atom stereocenters. The van der Waals surface area contributed by atoms with E-state index in [2.05, 4.69) is 31.9 Å². The number of halogens is 1. The molecule has 2 aromatic rings. The van der Waals surface area contributed by atoms with Crippen molar-refractivity contribution in [2.24, 2.45) is 0 Å². The molecule has 1 heterocycles. The number of urea groups is 1. The van der Waals surface area contributed by atoms with E-state index in [-0.39, 0.29) is 5.91 Å².